The van der Waals surface area contributed by atoms with Gasteiger partial charge in [0, 0.05) is 10.5 Å². The topological polar surface area (TPSA) is 21.3 Å². The van der Waals surface area contributed by atoms with Crippen LogP contribution in [0.1, 0.15) is 64.0 Å². The van der Waals surface area contributed by atoms with Crippen molar-refractivity contribution in [1.29, 1.82) is 0 Å². The second-order valence-electron chi connectivity index (χ2n) is 5.16. The van der Waals surface area contributed by atoms with E-state index < -0.39 is 0 Å². The molecule has 0 radical (unpaired) electrons. The maximum Gasteiger partial charge on any atom is 0.120 e. The maximum atomic E-state index is 5.53. The summed E-state index contributed by atoms with van der Waals surface area (Å²) in [6.45, 7) is 4.97. The van der Waals surface area contributed by atoms with E-state index in [0.717, 1.165) is 10.2 Å². The van der Waals surface area contributed by atoms with Crippen molar-refractivity contribution in [3.63, 3.8) is 0 Å². The van der Waals surface area contributed by atoms with E-state index in [1.807, 2.05) is 14.0 Å². The molecule has 0 saturated heterocycles. The third-order valence-corrected chi connectivity index (χ3v) is 4.29. The number of nitrogens with one attached hydrogen (secondary N) is 1. The molecule has 0 aliphatic carbocycles. The zero-order valence-corrected chi connectivity index (χ0v) is 14.6. The van der Waals surface area contributed by atoms with E-state index in [4.69, 9.17) is 4.74 Å². The van der Waals surface area contributed by atoms with Gasteiger partial charge in [0.25, 0.3) is 0 Å². The first-order chi connectivity index (χ1) is 9.72. The van der Waals surface area contributed by atoms with Crippen molar-refractivity contribution in [3.05, 3.63) is 28.2 Å². The van der Waals surface area contributed by atoms with Crippen molar-refractivity contribution in [2.45, 2.75) is 58.4 Å². The third kappa shape index (κ3) is 5.84. The van der Waals surface area contributed by atoms with Gasteiger partial charge in [-0.25, -0.2) is 0 Å². The molecule has 0 heterocycles. The van der Waals surface area contributed by atoms with E-state index in [1.54, 1.807) is 0 Å². The Balaban J connectivity index is 2.55. The van der Waals surface area contributed by atoms with Crippen LogP contribution in [0.15, 0.2) is 22.7 Å². The summed E-state index contributed by atoms with van der Waals surface area (Å²) in [5, 5.41) is 3.43. The Morgan fingerprint density at radius 2 is 1.90 bits per heavy atom. The van der Waals surface area contributed by atoms with Gasteiger partial charge in [-0.2, -0.15) is 0 Å². The molecule has 1 atom stereocenters. The Morgan fingerprint density at radius 1 is 1.15 bits per heavy atom. The number of unbranched alkanes of at least 4 members (excludes halogenated alkanes) is 4. The molecule has 1 rings (SSSR count). The standard InChI is InChI=1S/C17H28BrNO/c1-4-6-7-8-9-10-17(19-3)15-12-11-14(20-5-2)13-16(15)18/h11-13,17,19H,4-10H2,1-3H3. The van der Waals surface area contributed by atoms with Crippen LogP contribution >= 0.6 is 15.9 Å². The Kier molecular flexibility index (Phi) is 8.95. The number of hydrogen-bond acceptors (Lipinski definition) is 2. The minimum atomic E-state index is 0.418. The first-order valence-corrected chi connectivity index (χ1v) is 8.61. The highest BCUT2D eigenvalue weighted by Gasteiger charge is 2.13. The molecule has 1 aromatic carbocycles. The number of ether oxygens (including phenoxy) is 1. The van der Waals surface area contributed by atoms with E-state index >= 15 is 0 Å². The van der Waals surface area contributed by atoms with Crippen LogP contribution in [0.5, 0.6) is 5.75 Å². The molecule has 0 amide bonds. The van der Waals surface area contributed by atoms with Gasteiger partial charge in [0.1, 0.15) is 5.75 Å². The van der Waals surface area contributed by atoms with Gasteiger partial charge in [0.05, 0.1) is 6.61 Å². The van der Waals surface area contributed by atoms with Crippen LogP contribution in [-0.4, -0.2) is 13.7 Å². The lowest BCUT2D eigenvalue weighted by Gasteiger charge is -2.19. The van der Waals surface area contributed by atoms with Crippen LogP contribution in [0.25, 0.3) is 0 Å². The van der Waals surface area contributed by atoms with Crippen LogP contribution in [0.2, 0.25) is 0 Å². The van der Waals surface area contributed by atoms with Gasteiger partial charge in [-0.05, 0) is 38.1 Å². The molecule has 114 valence electrons. The van der Waals surface area contributed by atoms with Crippen LogP contribution in [0.4, 0.5) is 0 Å². The Hall–Kier alpha value is -0.540. The van der Waals surface area contributed by atoms with Gasteiger partial charge in [-0.1, -0.05) is 61.0 Å². The van der Waals surface area contributed by atoms with Gasteiger partial charge in [-0.15, -0.1) is 0 Å². The summed E-state index contributed by atoms with van der Waals surface area (Å²) in [4.78, 5) is 0. The summed E-state index contributed by atoms with van der Waals surface area (Å²) in [6, 6.07) is 6.72. The second-order valence-corrected chi connectivity index (χ2v) is 6.01. The SMILES string of the molecule is CCCCCCCC(NC)c1ccc(OCC)cc1Br. The first kappa shape index (κ1) is 17.5. The van der Waals surface area contributed by atoms with E-state index in [2.05, 4.69) is 46.4 Å². The fourth-order valence-corrected chi connectivity index (χ4v) is 3.09. The summed E-state index contributed by atoms with van der Waals surface area (Å²) in [5.74, 6) is 0.931. The summed E-state index contributed by atoms with van der Waals surface area (Å²) in [7, 11) is 2.04. The van der Waals surface area contributed by atoms with Crippen LogP contribution in [-0.2, 0) is 0 Å². The molecule has 1 aromatic rings. The zero-order valence-electron chi connectivity index (χ0n) is 13.0. The highest BCUT2D eigenvalue weighted by molar-refractivity contribution is 9.10. The first-order valence-electron chi connectivity index (χ1n) is 7.82. The zero-order chi connectivity index (χ0) is 14.8. The Labute approximate surface area is 132 Å². The summed E-state index contributed by atoms with van der Waals surface area (Å²) >= 11 is 3.67. The molecule has 20 heavy (non-hydrogen) atoms. The smallest absolute Gasteiger partial charge is 0.120 e. The second kappa shape index (κ2) is 10.2. The van der Waals surface area contributed by atoms with Crippen LogP contribution < -0.4 is 10.1 Å². The van der Waals surface area contributed by atoms with Crippen molar-refractivity contribution < 1.29 is 4.74 Å². The minimum absolute atomic E-state index is 0.418. The van der Waals surface area contributed by atoms with Gasteiger partial charge >= 0.3 is 0 Å². The van der Waals surface area contributed by atoms with Gasteiger partial charge in [0.15, 0.2) is 0 Å². The third-order valence-electron chi connectivity index (χ3n) is 3.60. The maximum absolute atomic E-state index is 5.53. The highest BCUT2D eigenvalue weighted by atomic mass is 79.9. The predicted octanol–water partition coefficient (Wildman–Crippen LogP) is 5.47. The molecule has 3 heteroatoms. The van der Waals surface area contributed by atoms with Gasteiger partial charge < -0.3 is 10.1 Å². The lowest BCUT2D eigenvalue weighted by molar-refractivity contribution is 0.339. The van der Waals surface area contributed by atoms with E-state index in [-0.39, 0.29) is 0 Å². The summed E-state index contributed by atoms with van der Waals surface area (Å²) < 4.78 is 6.67. The Bertz CT molecular complexity index is 381. The average Bonchev–Trinajstić information content (AvgIpc) is 2.44. The quantitative estimate of drug-likeness (QED) is 0.569. The fraction of sp³-hybridized carbons (Fsp3) is 0.647. The molecule has 2 nitrogen and oxygen atoms in total. The fourth-order valence-electron chi connectivity index (χ4n) is 2.45. The van der Waals surface area contributed by atoms with Crippen molar-refractivity contribution in [2.24, 2.45) is 0 Å². The van der Waals surface area contributed by atoms with Crippen LogP contribution in [0, 0.1) is 0 Å². The Morgan fingerprint density at radius 3 is 2.50 bits per heavy atom. The van der Waals surface area contributed by atoms with E-state index in [0.29, 0.717) is 12.6 Å². The van der Waals surface area contributed by atoms with Gasteiger partial charge in [-0.3, -0.25) is 0 Å². The highest BCUT2D eigenvalue weighted by Crippen LogP contribution is 2.30. The van der Waals surface area contributed by atoms with E-state index in [9.17, 15) is 0 Å². The number of benzene rings is 1. The molecule has 0 fully saturated rings. The molecular weight excluding hydrogens is 314 g/mol. The van der Waals surface area contributed by atoms with Crippen molar-refractivity contribution in [1.82, 2.24) is 5.32 Å². The lowest BCUT2D eigenvalue weighted by atomic mass is 10.00. The molecule has 1 unspecified atom stereocenters. The monoisotopic (exact) mass is 341 g/mol. The largest absolute Gasteiger partial charge is 0.494 e. The number of rotatable bonds is 10. The normalized spacial score (nSPS) is 12.4. The lowest BCUT2D eigenvalue weighted by Crippen LogP contribution is -2.16. The minimum Gasteiger partial charge on any atom is -0.494 e. The summed E-state index contributed by atoms with van der Waals surface area (Å²) in [5.41, 5.74) is 1.33. The molecule has 0 aliphatic rings. The van der Waals surface area contributed by atoms with Crippen LogP contribution in [0.3, 0.4) is 0 Å². The number of hydrogen-bond donors (Lipinski definition) is 1. The van der Waals surface area contributed by atoms with Crippen molar-refractivity contribution in [3.8, 4) is 5.75 Å². The number of halogens is 1. The van der Waals surface area contributed by atoms with Crippen molar-refractivity contribution >= 4 is 15.9 Å². The molecule has 0 saturated carbocycles. The average molecular weight is 342 g/mol. The molecular formula is C17H28BrNO. The molecule has 0 bridgehead atoms. The van der Waals surface area contributed by atoms with Crippen molar-refractivity contribution in [2.75, 3.05) is 13.7 Å². The molecule has 0 spiro atoms. The molecule has 0 aromatic heterocycles. The predicted molar refractivity (Wildman–Crippen MR) is 90.5 cm³/mol. The molecule has 1 N–H and O–H groups in total. The molecule has 0 aliphatic heterocycles. The summed E-state index contributed by atoms with van der Waals surface area (Å²) in [6.07, 6.45) is 7.83. The van der Waals surface area contributed by atoms with Gasteiger partial charge in [0.2, 0.25) is 0 Å². The van der Waals surface area contributed by atoms with E-state index in [1.165, 1.54) is 44.1 Å².